The van der Waals surface area contributed by atoms with Crippen molar-refractivity contribution in [2.75, 3.05) is 0 Å². The summed E-state index contributed by atoms with van der Waals surface area (Å²) in [4.78, 5) is 0. The lowest BCUT2D eigenvalue weighted by molar-refractivity contribution is 0.388. The summed E-state index contributed by atoms with van der Waals surface area (Å²) in [6.45, 7) is 9.39. The largest absolute Gasteiger partial charge is 0.0802 e. The lowest BCUT2D eigenvalue weighted by Gasteiger charge is -2.28. The monoisotopic (exact) mass is 252 g/mol. The number of fused-ring (bicyclic) bond motifs is 1. The summed E-state index contributed by atoms with van der Waals surface area (Å²) < 4.78 is 0. The minimum atomic E-state index is 0.198. The van der Waals surface area contributed by atoms with Gasteiger partial charge in [-0.15, -0.1) is 0 Å². The highest BCUT2D eigenvalue weighted by atomic mass is 14.5. The fourth-order valence-electron chi connectivity index (χ4n) is 4.09. The van der Waals surface area contributed by atoms with Crippen molar-refractivity contribution in [3.05, 3.63) is 58.7 Å². The van der Waals surface area contributed by atoms with Crippen LogP contribution >= 0.6 is 0 Å². The summed E-state index contributed by atoms with van der Waals surface area (Å²) in [7, 11) is 0. The van der Waals surface area contributed by atoms with Crippen LogP contribution in [-0.4, -0.2) is 0 Å². The SMILES string of the molecule is Cc1ccc(C2(C)CC(C)(C)C3=CCCC=C32)cc1. The molecule has 0 nitrogen and oxygen atoms in total. The van der Waals surface area contributed by atoms with Crippen LogP contribution < -0.4 is 0 Å². The lowest BCUT2D eigenvalue weighted by atomic mass is 9.75. The Balaban J connectivity index is 2.12. The summed E-state index contributed by atoms with van der Waals surface area (Å²) in [6.07, 6.45) is 8.61. The molecular formula is C19H24. The van der Waals surface area contributed by atoms with Gasteiger partial charge in [-0.25, -0.2) is 0 Å². The zero-order valence-electron chi connectivity index (χ0n) is 12.6. The molecule has 0 heterocycles. The van der Waals surface area contributed by atoms with Gasteiger partial charge in [-0.3, -0.25) is 0 Å². The van der Waals surface area contributed by atoms with Gasteiger partial charge < -0.3 is 0 Å². The third kappa shape index (κ3) is 1.89. The third-order valence-corrected chi connectivity index (χ3v) is 4.96. The Labute approximate surface area is 117 Å². The van der Waals surface area contributed by atoms with Gasteiger partial charge in [-0.05, 0) is 48.3 Å². The van der Waals surface area contributed by atoms with Crippen LogP contribution in [0.5, 0.6) is 0 Å². The molecule has 1 atom stereocenters. The van der Waals surface area contributed by atoms with E-state index in [2.05, 4.69) is 64.1 Å². The lowest BCUT2D eigenvalue weighted by Crippen LogP contribution is -2.21. The molecule has 0 saturated heterocycles. The van der Waals surface area contributed by atoms with E-state index >= 15 is 0 Å². The molecule has 0 aromatic heterocycles. The standard InChI is InChI=1S/C19H24/c1-14-9-11-15(12-10-14)19(4)13-18(2,3)16-7-5-6-8-17(16)19/h7-12H,5-6,13H2,1-4H3. The van der Waals surface area contributed by atoms with E-state index in [1.165, 1.54) is 30.4 Å². The number of allylic oxidation sites excluding steroid dienone is 4. The van der Waals surface area contributed by atoms with Gasteiger partial charge >= 0.3 is 0 Å². The zero-order valence-corrected chi connectivity index (χ0v) is 12.6. The van der Waals surface area contributed by atoms with Crippen molar-refractivity contribution >= 4 is 0 Å². The third-order valence-electron chi connectivity index (χ3n) is 4.96. The van der Waals surface area contributed by atoms with Crippen LogP contribution in [0.25, 0.3) is 0 Å². The van der Waals surface area contributed by atoms with E-state index in [0.29, 0.717) is 5.41 Å². The zero-order chi connectivity index (χ0) is 13.7. The molecular weight excluding hydrogens is 228 g/mol. The van der Waals surface area contributed by atoms with Crippen molar-refractivity contribution in [2.45, 2.75) is 52.4 Å². The van der Waals surface area contributed by atoms with E-state index in [0.717, 1.165) is 0 Å². The summed E-state index contributed by atoms with van der Waals surface area (Å²) in [6, 6.07) is 9.14. The van der Waals surface area contributed by atoms with Crippen molar-refractivity contribution in [2.24, 2.45) is 5.41 Å². The van der Waals surface area contributed by atoms with Crippen molar-refractivity contribution in [1.29, 1.82) is 0 Å². The minimum absolute atomic E-state index is 0.198. The van der Waals surface area contributed by atoms with Crippen LogP contribution in [0.3, 0.4) is 0 Å². The van der Waals surface area contributed by atoms with E-state index in [-0.39, 0.29) is 5.41 Å². The Morgan fingerprint density at radius 2 is 1.42 bits per heavy atom. The number of aryl methyl sites for hydroxylation is 1. The van der Waals surface area contributed by atoms with Gasteiger partial charge in [0.15, 0.2) is 0 Å². The molecule has 1 fully saturated rings. The molecule has 19 heavy (non-hydrogen) atoms. The molecule has 1 unspecified atom stereocenters. The fourth-order valence-corrected chi connectivity index (χ4v) is 4.09. The highest BCUT2D eigenvalue weighted by Gasteiger charge is 2.48. The Kier molecular flexibility index (Phi) is 2.74. The second-order valence-corrected chi connectivity index (χ2v) is 7.07. The average molecular weight is 252 g/mol. The van der Waals surface area contributed by atoms with E-state index in [4.69, 9.17) is 0 Å². The van der Waals surface area contributed by atoms with Crippen molar-refractivity contribution in [1.82, 2.24) is 0 Å². The topological polar surface area (TPSA) is 0 Å². The number of hydrogen-bond acceptors (Lipinski definition) is 0. The van der Waals surface area contributed by atoms with Gasteiger partial charge in [0.2, 0.25) is 0 Å². The number of benzene rings is 1. The first-order valence-electron chi connectivity index (χ1n) is 7.42. The fraction of sp³-hybridized carbons (Fsp3) is 0.474. The molecule has 3 rings (SSSR count). The molecule has 2 aliphatic rings. The van der Waals surface area contributed by atoms with Crippen LogP contribution in [0.1, 0.15) is 51.2 Å². The number of hydrogen-bond donors (Lipinski definition) is 0. The van der Waals surface area contributed by atoms with Crippen LogP contribution in [0.4, 0.5) is 0 Å². The molecule has 1 aromatic carbocycles. The predicted molar refractivity (Wildman–Crippen MR) is 82.3 cm³/mol. The highest BCUT2D eigenvalue weighted by molar-refractivity contribution is 5.55. The first-order valence-corrected chi connectivity index (χ1v) is 7.42. The van der Waals surface area contributed by atoms with Gasteiger partial charge in [-0.2, -0.15) is 0 Å². The maximum Gasteiger partial charge on any atom is 0.0182 e. The minimum Gasteiger partial charge on any atom is -0.0802 e. The normalized spacial score (nSPS) is 28.6. The van der Waals surface area contributed by atoms with Gasteiger partial charge in [0.05, 0.1) is 0 Å². The van der Waals surface area contributed by atoms with Crippen molar-refractivity contribution in [3.63, 3.8) is 0 Å². The van der Waals surface area contributed by atoms with Crippen LogP contribution in [0.15, 0.2) is 47.6 Å². The highest BCUT2D eigenvalue weighted by Crippen LogP contribution is 2.58. The second kappa shape index (κ2) is 4.10. The Hall–Kier alpha value is -1.30. The molecule has 0 heteroatoms. The van der Waals surface area contributed by atoms with Crippen LogP contribution in [0, 0.1) is 12.3 Å². The Bertz CT molecular complexity index is 554. The molecule has 100 valence electrons. The van der Waals surface area contributed by atoms with E-state index < -0.39 is 0 Å². The molecule has 0 spiro atoms. The van der Waals surface area contributed by atoms with E-state index in [1.54, 1.807) is 11.1 Å². The van der Waals surface area contributed by atoms with E-state index in [1.807, 2.05) is 0 Å². The van der Waals surface area contributed by atoms with Crippen molar-refractivity contribution in [3.8, 4) is 0 Å². The molecule has 0 amide bonds. The molecule has 0 radical (unpaired) electrons. The maximum absolute atomic E-state index is 2.49. The quantitative estimate of drug-likeness (QED) is 0.633. The molecule has 0 bridgehead atoms. The molecule has 0 N–H and O–H groups in total. The summed E-state index contributed by atoms with van der Waals surface area (Å²) in [5.41, 5.74) is 6.52. The first-order chi connectivity index (χ1) is 8.93. The predicted octanol–water partition coefficient (Wildman–Crippen LogP) is 5.33. The molecule has 1 saturated carbocycles. The van der Waals surface area contributed by atoms with Gasteiger partial charge in [0.1, 0.15) is 0 Å². The number of rotatable bonds is 1. The second-order valence-electron chi connectivity index (χ2n) is 7.07. The molecule has 0 aliphatic heterocycles. The van der Waals surface area contributed by atoms with Gasteiger partial charge in [0, 0.05) is 5.41 Å². The average Bonchev–Trinajstić information content (AvgIpc) is 2.59. The smallest absolute Gasteiger partial charge is 0.0182 e. The van der Waals surface area contributed by atoms with Crippen LogP contribution in [-0.2, 0) is 5.41 Å². The molecule has 1 aromatic rings. The first kappa shape index (κ1) is 12.7. The maximum atomic E-state index is 2.49. The van der Waals surface area contributed by atoms with Gasteiger partial charge in [0.25, 0.3) is 0 Å². The summed E-state index contributed by atoms with van der Waals surface area (Å²) in [5.74, 6) is 0. The Morgan fingerprint density at radius 3 is 2.05 bits per heavy atom. The van der Waals surface area contributed by atoms with Crippen LogP contribution in [0.2, 0.25) is 0 Å². The van der Waals surface area contributed by atoms with Gasteiger partial charge in [-0.1, -0.05) is 62.8 Å². The molecule has 2 aliphatic carbocycles. The Morgan fingerprint density at radius 1 is 0.842 bits per heavy atom. The van der Waals surface area contributed by atoms with E-state index in [9.17, 15) is 0 Å². The van der Waals surface area contributed by atoms with Crippen molar-refractivity contribution < 1.29 is 0 Å². The summed E-state index contributed by atoms with van der Waals surface area (Å²) in [5, 5.41) is 0. The summed E-state index contributed by atoms with van der Waals surface area (Å²) >= 11 is 0.